The van der Waals surface area contributed by atoms with Gasteiger partial charge in [-0.25, -0.2) is 0 Å². The lowest BCUT2D eigenvalue weighted by Gasteiger charge is -2.07. The fourth-order valence-corrected chi connectivity index (χ4v) is 2.07. The first-order chi connectivity index (χ1) is 10.1. The zero-order chi connectivity index (χ0) is 15.1. The van der Waals surface area contributed by atoms with E-state index >= 15 is 0 Å². The number of aliphatic hydroxyl groups excluding tert-OH is 1. The lowest BCUT2D eigenvalue weighted by Crippen LogP contribution is -2.31. The van der Waals surface area contributed by atoms with Crippen molar-refractivity contribution in [1.29, 1.82) is 0 Å². The molecule has 0 radical (unpaired) electrons. The second-order valence-electron chi connectivity index (χ2n) is 5.00. The summed E-state index contributed by atoms with van der Waals surface area (Å²) >= 11 is 5.87. The van der Waals surface area contributed by atoms with Crippen LogP contribution in [0.15, 0.2) is 40.8 Å². The largest absolute Gasteiger partial charge is 0.460 e. The van der Waals surface area contributed by atoms with Gasteiger partial charge in [-0.15, -0.1) is 24.8 Å². The van der Waals surface area contributed by atoms with Crippen molar-refractivity contribution in [3.63, 3.8) is 0 Å². The maximum absolute atomic E-state index is 9.11. The average molecular weight is 382 g/mol. The number of nitrogens with one attached hydrogen (secondary N) is 2. The molecule has 7 heteroatoms. The number of benzene rings is 1. The van der Waals surface area contributed by atoms with Crippen molar-refractivity contribution >= 4 is 36.4 Å². The van der Waals surface area contributed by atoms with E-state index in [1.165, 1.54) is 0 Å². The van der Waals surface area contributed by atoms with E-state index in [2.05, 4.69) is 10.6 Å². The molecule has 1 aromatic carbocycles. The molecule has 2 aromatic rings. The van der Waals surface area contributed by atoms with Crippen LogP contribution in [0.1, 0.15) is 12.7 Å². The van der Waals surface area contributed by atoms with E-state index in [1.54, 1.807) is 6.92 Å². The van der Waals surface area contributed by atoms with Gasteiger partial charge in [0.2, 0.25) is 0 Å². The monoisotopic (exact) mass is 380 g/mol. The first kappa shape index (κ1) is 22.2. The summed E-state index contributed by atoms with van der Waals surface area (Å²) < 4.78 is 5.79. The molecule has 0 bridgehead atoms. The SMILES string of the molecule is CC(O)CNCCNCc1ccc(-c2ccc(Cl)cc2)o1.Cl.Cl. The third kappa shape index (κ3) is 8.06. The Labute approximate surface area is 154 Å². The zero-order valence-electron chi connectivity index (χ0n) is 12.9. The van der Waals surface area contributed by atoms with Crippen LogP contribution in [0.5, 0.6) is 0 Å². The summed E-state index contributed by atoms with van der Waals surface area (Å²) in [5.41, 5.74) is 1.02. The minimum Gasteiger partial charge on any atom is -0.460 e. The third-order valence-electron chi connectivity index (χ3n) is 3.01. The van der Waals surface area contributed by atoms with Gasteiger partial charge in [-0.05, 0) is 43.3 Å². The lowest BCUT2D eigenvalue weighted by molar-refractivity contribution is 0.191. The van der Waals surface area contributed by atoms with Crippen molar-refractivity contribution in [2.45, 2.75) is 19.6 Å². The van der Waals surface area contributed by atoms with Crippen molar-refractivity contribution in [2.75, 3.05) is 19.6 Å². The Balaban J connectivity index is 0.00000242. The molecule has 0 aliphatic rings. The predicted molar refractivity (Wildman–Crippen MR) is 99.9 cm³/mol. The molecule has 130 valence electrons. The third-order valence-corrected chi connectivity index (χ3v) is 3.26. The summed E-state index contributed by atoms with van der Waals surface area (Å²) in [7, 11) is 0. The Morgan fingerprint density at radius 2 is 1.70 bits per heavy atom. The highest BCUT2D eigenvalue weighted by molar-refractivity contribution is 6.30. The number of furan rings is 1. The Morgan fingerprint density at radius 3 is 2.35 bits per heavy atom. The van der Waals surface area contributed by atoms with Crippen molar-refractivity contribution in [3.05, 3.63) is 47.2 Å². The molecule has 0 spiro atoms. The van der Waals surface area contributed by atoms with Gasteiger partial charge in [0.1, 0.15) is 11.5 Å². The van der Waals surface area contributed by atoms with E-state index in [4.69, 9.17) is 21.1 Å². The first-order valence-electron chi connectivity index (χ1n) is 7.09. The molecular weight excluding hydrogens is 359 g/mol. The molecule has 3 N–H and O–H groups in total. The predicted octanol–water partition coefficient (Wildman–Crippen LogP) is 3.50. The van der Waals surface area contributed by atoms with Crippen LogP contribution < -0.4 is 10.6 Å². The number of aliphatic hydroxyl groups is 1. The van der Waals surface area contributed by atoms with Gasteiger partial charge in [0.15, 0.2) is 0 Å². The summed E-state index contributed by atoms with van der Waals surface area (Å²) in [5.74, 6) is 1.74. The van der Waals surface area contributed by atoms with Gasteiger partial charge in [0.05, 0.1) is 12.6 Å². The van der Waals surface area contributed by atoms with Gasteiger partial charge < -0.3 is 20.2 Å². The molecule has 0 aliphatic heterocycles. The van der Waals surface area contributed by atoms with E-state index in [-0.39, 0.29) is 30.9 Å². The second kappa shape index (κ2) is 11.7. The summed E-state index contributed by atoms with van der Waals surface area (Å²) in [5, 5.41) is 16.3. The molecule has 1 heterocycles. The highest BCUT2D eigenvalue weighted by atomic mass is 35.5. The highest BCUT2D eigenvalue weighted by Crippen LogP contribution is 2.23. The smallest absolute Gasteiger partial charge is 0.134 e. The summed E-state index contributed by atoms with van der Waals surface area (Å²) in [6.07, 6.45) is -0.308. The second-order valence-corrected chi connectivity index (χ2v) is 5.44. The fraction of sp³-hybridized carbons (Fsp3) is 0.375. The van der Waals surface area contributed by atoms with Gasteiger partial charge in [-0.2, -0.15) is 0 Å². The Bertz CT molecular complexity index is 545. The van der Waals surface area contributed by atoms with Crippen molar-refractivity contribution < 1.29 is 9.52 Å². The van der Waals surface area contributed by atoms with Crippen LogP contribution in [0.3, 0.4) is 0 Å². The molecule has 0 amide bonds. The normalized spacial score (nSPS) is 11.4. The number of halogens is 3. The van der Waals surface area contributed by atoms with Crippen LogP contribution in [-0.4, -0.2) is 30.8 Å². The topological polar surface area (TPSA) is 57.4 Å². The molecule has 1 atom stereocenters. The maximum atomic E-state index is 9.11. The molecule has 0 saturated carbocycles. The Morgan fingerprint density at radius 1 is 1.04 bits per heavy atom. The minimum absolute atomic E-state index is 0. The van der Waals surface area contributed by atoms with Crippen LogP contribution in [-0.2, 0) is 6.54 Å². The first-order valence-corrected chi connectivity index (χ1v) is 7.47. The van der Waals surface area contributed by atoms with Crippen LogP contribution >= 0.6 is 36.4 Å². The molecule has 0 saturated heterocycles. The number of hydrogen-bond donors (Lipinski definition) is 3. The van der Waals surface area contributed by atoms with Gasteiger partial charge in [-0.1, -0.05) is 11.6 Å². The summed E-state index contributed by atoms with van der Waals surface area (Å²) in [6, 6.07) is 11.5. The fourth-order valence-electron chi connectivity index (χ4n) is 1.94. The molecule has 0 aliphatic carbocycles. The zero-order valence-corrected chi connectivity index (χ0v) is 15.3. The van der Waals surface area contributed by atoms with Gasteiger partial charge in [-0.3, -0.25) is 0 Å². The van der Waals surface area contributed by atoms with Crippen molar-refractivity contribution in [1.82, 2.24) is 10.6 Å². The quantitative estimate of drug-likeness (QED) is 0.613. The summed E-state index contributed by atoms with van der Waals surface area (Å²) in [6.45, 7) is 4.70. The Kier molecular flexibility index (Phi) is 11.4. The minimum atomic E-state index is -0.308. The van der Waals surface area contributed by atoms with Gasteiger partial charge in [0.25, 0.3) is 0 Å². The molecule has 1 unspecified atom stereocenters. The maximum Gasteiger partial charge on any atom is 0.134 e. The van der Waals surface area contributed by atoms with Crippen LogP contribution in [0.4, 0.5) is 0 Å². The number of hydrogen-bond acceptors (Lipinski definition) is 4. The molecule has 2 rings (SSSR count). The lowest BCUT2D eigenvalue weighted by atomic mass is 10.2. The van der Waals surface area contributed by atoms with E-state index in [1.807, 2.05) is 36.4 Å². The summed E-state index contributed by atoms with van der Waals surface area (Å²) in [4.78, 5) is 0. The molecular formula is C16H23Cl3N2O2. The van der Waals surface area contributed by atoms with Crippen LogP contribution in [0.25, 0.3) is 11.3 Å². The molecule has 4 nitrogen and oxygen atoms in total. The van der Waals surface area contributed by atoms with E-state index < -0.39 is 0 Å². The van der Waals surface area contributed by atoms with Gasteiger partial charge in [0, 0.05) is 30.2 Å². The van der Waals surface area contributed by atoms with Crippen molar-refractivity contribution in [3.8, 4) is 11.3 Å². The van der Waals surface area contributed by atoms with Crippen LogP contribution in [0, 0.1) is 0 Å². The average Bonchev–Trinajstić information content (AvgIpc) is 2.92. The van der Waals surface area contributed by atoms with Gasteiger partial charge >= 0.3 is 0 Å². The molecule has 1 aromatic heterocycles. The molecule has 23 heavy (non-hydrogen) atoms. The molecule has 0 fully saturated rings. The van der Waals surface area contributed by atoms with E-state index in [9.17, 15) is 0 Å². The Hall–Kier alpha value is -0.750. The van der Waals surface area contributed by atoms with E-state index in [0.717, 1.165) is 35.2 Å². The standard InChI is InChI=1S/C16H21ClN2O2.2ClH/c1-12(20)10-18-8-9-19-11-15-6-7-16(21-15)13-2-4-14(17)5-3-13;;/h2-7,12,18-20H,8-11H2,1H3;2*1H. The van der Waals surface area contributed by atoms with Crippen molar-refractivity contribution in [2.24, 2.45) is 0 Å². The van der Waals surface area contributed by atoms with Crippen LogP contribution in [0.2, 0.25) is 5.02 Å². The van der Waals surface area contributed by atoms with E-state index in [0.29, 0.717) is 13.1 Å². The number of rotatable bonds is 8. The highest BCUT2D eigenvalue weighted by Gasteiger charge is 2.04.